The molecule has 0 amide bonds. The van der Waals surface area contributed by atoms with Crippen molar-refractivity contribution >= 4 is 64.9 Å². The van der Waals surface area contributed by atoms with E-state index in [0.29, 0.717) is 0 Å². The molecule has 0 unspecified atom stereocenters. The van der Waals surface area contributed by atoms with Gasteiger partial charge in [0, 0.05) is 27.2 Å². The van der Waals surface area contributed by atoms with E-state index in [0.717, 1.165) is 0 Å². The van der Waals surface area contributed by atoms with Crippen molar-refractivity contribution in [3.63, 3.8) is 0 Å². The lowest BCUT2D eigenvalue weighted by atomic mass is 9.81. The third-order valence-corrected chi connectivity index (χ3v) is 11.4. The first-order chi connectivity index (χ1) is 23.8. The van der Waals surface area contributed by atoms with E-state index in [4.69, 9.17) is 0 Å². The van der Waals surface area contributed by atoms with Gasteiger partial charge in [-0.3, -0.25) is 0 Å². The van der Waals surface area contributed by atoms with Crippen LogP contribution < -0.4 is 0 Å². The highest BCUT2D eigenvalue weighted by molar-refractivity contribution is 6.40. The van der Waals surface area contributed by atoms with Crippen LogP contribution in [-0.2, 0) is 21.7 Å². The maximum atomic E-state index is 2.59. The highest BCUT2D eigenvalue weighted by Crippen LogP contribution is 2.49. The highest BCUT2D eigenvalue weighted by Gasteiger charge is 2.27. The minimum Gasteiger partial charge on any atom is -0.308 e. The first-order valence-corrected chi connectivity index (χ1v) is 18.8. The van der Waals surface area contributed by atoms with Crippen molar-refractivity contribution < 1.29 is 0 Å². The van der Waals surface area contributed by atoms with Crippen molar-refractivity contribution in [3.05, 3.63) is 125 Å². The summed E-state index contributed by atoms with van der Waals surface area (Å²) in [7, 11) is 0. The van der Waals surface area contributed by atoms with Gasteiger partial charge in [0.05, 0.1) is 11.0 Å². The molecule has 0 atom stereocenters. The molecule has 0 fully saturated rings. The van der Waals surface area contributed by atoms with E-state index in [9.17, 15) is 0 Å². The second kappa shape index (κ2) is 10.9. The Morgan fingerprint density at radius 1 is 0.314 bits per heavy atom. The highest BCUT2D eigenvalue weighted by atomic mass is 15.0. The molecule has 1 heteroatoms. The van der Waals surface area contributed by atoms with E-state index in [-0.39, 0.29) is 21.7 Å². The van der Waals surface area contributed by atoms with Crippen LogP contribution in [0.2, 0.25) is 0 Å². The zero-order chi connectivity index (χ0) is 36.4. The first kappa shape index (κ1) is 33.5. The SMILES string of the molecule is CC(C)(C)c1ccc2c(c1)c1cc(C(C)(C)C)ccc1c1c2c2c3ccc(C(C)(C)C)cc3c3cc(C(C)(C)C)ccc3c2n1-c1ccccc1. The Hall–Kier alpha value is -4.62. The fourth-order valence-electron chi connectivity index (χ4n) is 8.23. The molecule has 258 valence electrons. The average Bonchev–Trinajstić information content (AvgIpc) is 3.43. The Morgan fingerprint density at radius 2 is 0.608 bits per heavy atom. The van der Waals surface area contributed by atoms with Crippen molar-refractivity contribution in [3.8, 4) is 5.69 Å². The topological polar surface area (TPSA) is 4.93 Å². The van der Waals surface area contributed by atoms with Crippen LogP contribution >= 0.6 is 0 Å². The van der Waals surface area contributed by atoms with Crippen molar-refractivity contribution in [2.45, 2.75) is 105 Å². The number of hydrogen-bond acceptors (Lipinski definition) is 0. The molecular weight excluding hydrogens is 615 g/mol. The van der Waals surface area contributed by atoms with E-state index in [1.807, 2.05) is 0 Å². The molecule has 0 N–H and O–H groups in total. The molecule has 0 spiro atoms. The van der Waals surface area contributed by atoms with E-state index >= 15 is 0 Å². The molecule has 1 aromatic heterocycles. The fourth-order valence-corrected chi connectivity index (χ4v) is 8.23. The summed E-state index contributed by atoms with van der Waals surface area (Å²) in [6.07, 6.45) is 0. The monoisotopic (exact) mass is 667 g/mol. The Balaban J connectivity index is 1.73. The predicted octanol–water partition coefficient (Wildman–Crippen LogP) is 14.6. The molecule has 1 nitrogen and oxygen atoms in total. The number of para-hydroxylation sites is 1. The molecule has 0 saturated carbocycles. The number of nitrogens with zero attached hydrogens (tertiary/aromatic N) is 1. The molecule has 8 rings (SSSR count). The number of aromatic nitrogens is 1. The summed E-state index contributed by atoms with van der Waals surface area (Å²) in [6.45, 7) is 27.9. The number of hydrogen-bond donors (Lipinski definition) is 0. The second-order valence-corrected chi connectivity index (χ2v) is 19.2. The minimum atomic E-state index is 0.0329. The standard InChI is InChI=1S/C50H53N/c1-47(2,3)30-18-22-35-39(26-30)41-28-32(49(7,8)9)20-24-37(41)45-43(35)44-36-23-19-31(48(4,5)6)27-40(36)42-29-33(50(10,11)12)21-25-38(42)46(44)51(45)34-16-14-13-15-17-34/h13-29H,1-12H3. The predicted molar refractivity (Wildman–Crippen MR) is 226 cm³/mol. The van der Waals surface area contributed by atoms with Crippen LogP contribution in [0.4, 0.5) is 0 Å². The molecule has 0 radical (unpaired) electrons. The van der Waals surface area contributed by atoms with E-state index in [2.05, 4.69) is 191 Å². The third kappa shape index (κ3) is 5.26. The van der Waals surface area contributed by atoms with Crippen molar-refractivity contribution in [1.29, 1.82) is 0 Å². The lowest BCUT2D eigenvalue weighted by Crippen LogP contribution is -2.11. The van der Waals surface area contributed by atoms with Crippen molar-refractivity contribution in [2.24, 2.45) is 0 Å². The van der Waals surface area contributed by atoms with Crippen molar-refractivity contribution in [2.75, 3.05) is 0 Å². The lowest BCUT2D eigenvalue weighted by molar-refractivity contribution is 0.590. The van der Waals surface area contributed by atoms with Gasteiger partial charge >= 0.3 is 0 Å². The lowest BCUT2D eigenvalue weighted by Gasteiger charge is -2.23. The number of fused-ring (bicyclic) bond motifs is 13. The minimum absolute atomic E-state index is 0.0329. The summed E-state index contributed by atoms with van der Waals surface area (Å²) in [5.74, 6) is 0. The molecule has 0 aliphatic heterocycles. The van der Waals surface area contributed by atoms with E-state index in [1.165, 1.54) is 92.8 Å². The van der Waals surface area contributed by atoms with E-state index in [1.54, 1.807) is 0 Å². The zero-order valence-electron chi connectivity index (χ0n) is 32.8. The van der Waals surface area contributed by atoms with Crippen molar-refractivity contribution in [1.82, 2.24) is 4.57 Å². The van der Waals surface area contributed by atoms with Crippen LogP contribution in [0.15, 0.2) is 103 Å². The van der Waals surface area contributed by atoms with Gasteiger partial charge in [-0.1, -0.05) is 150 Å². The molecule has 7 aromatic carbocycles. The van der Waals surface area contributed by atoms with Gasteiger partial charge in [-0.15, -0.1) is 0 Å². The maximum Gasteiger partial charge on any atom is 0.0626 e. The van der Waals surface area contributed by atoms with Gasteiger partial charge in [0.2, 0.25) is 0 Å². The zero-order valence-corrected chi connectivity index (χ0v) is 32.8. The van der Waals surface area contributed by atoms with Crippen LogP contribution in [-0.4, -0.2) is 4.57 Å². The molecule has 1 heterocycles. The normalized spacial score (nSPS) is 13.5. The van der Waals surface area contributed by atoms with Gasteiger partial charge in [-0.2, -0.15) is 0 Å². The molecule has 0 saturated heterocycles. The summed E-state index contributed by atoms with van der Waals surface area (Å²) in [4.78, 5) is 0. The fraction of sp³-hybridized carbons (Fsp3) is 0.320. The Bertz CT molecular complexity index is 2520. The Labute approximate surface area is 304 Å². The quantitative estimate of drug-likeness (QED) is 0.154. The number of benzene rings is 7. The largest absolute Gasteiger partial charge is 0.308 e. The molecule has 51 heavy (non-hydrogen) atoms. The summed E-state index contributed by atoms with van der Waals surface area (Å²) >= 11 is 0. The molecule has 0 bridgehead atoms. The third-order valence-electron chi connectivity index (χ3n) is 11.4. The van der Waals surface area contributed by atoms with Gasteiger partial charge in [0.25, 0.3) is 0 Å². The summed E-state index contributed by atoms with van der Waals surface area (Å²) < 4.78 is 2.59. The van der Waals surface area contributed by atoms with Crippen LogP contribution in [0.3, 0.4) is 0 Å². The molecule has 0 aliphatic carbocycles. The van der Waals surface area contributed by atoms with Gasteiger partial charge in [0.15, 0.2) is 0 Å². The smallest absolute Gasteiger partial charge is 0.0626 e. The summed E-state index contributed by atoms with van der Waals surface area (Å²) in [6, 6.07) is 40.2. The van der Waals surface area contributed by atoms with Gasteiger partial charge < -0.3 is 4.57 Å². The van der Waals surface area contributed by atoms with Crippen LogP contribution in [0.5, 0.6) is 0 Å². The Morgan fingerprint density at radius 3 is 0.922 bits per heavy atom. The summed E-state index contributed by atoms with van der Waals surface area (Å²) in [5, 5.41) is 13.3. The Kier molecular flexibility index (Phi) is 7.19. The van der Waals surface area contributed by atoms with Gasteiger partial charge in [-0.05, 0) is 113 Å². The molecule has 0 aliphatic rings. The average molecular weight is 668 g/mol. The van der Waals surface area contributed by atoms with Gasteiger partial charge in [0.1, 0.15) is 0 Å². The first-order valence-electron chi connectivity index (χ1n) is 18.8. The number of rotatable bonds is 1. The van der Waals surface area contributed by atoms with Crippen LogP contribution in [0.1, 0.15) is 105 Å². The van der Waals surface area contributed by atoms with Crippen LogP contribution in [0, 0.1) is 0 Å². The molecule has 8 aromatic rings. The summed E-state index contributed by atoms with van der Waals surface area (Å²) in [5.41, 5.74) is 9.35. The maximum absolute atomic E-state index is 2.59. The van der Waals surface area contributed by atoms with Crippen LogP contribution in [0.25, 0.3) is 70.6 Å². The second-order valence-electron chi connectivity index (χ2n) is 19.2. The van der Waals surface area contributed by atoms with Gasteiger partial charge in [-0.25, -0.2) is 0 Å². The van der Waals surface area contributed by atoms with E-state index < -0.39 is 0 Å². The molecular formula is C50H53N.